The summed E-state index contributed by atoms with van der Waals surface area (Å²) < 4.78 is 63.2. The standard InChI is InChI=1S/C9H8F5N/c1-15-8(9(12,13)14)7-5(10)3-2-4-6(7)11/h2-4,8,15H,1H3. The molecule has 1 nitrogen and oxygen atoms in total. The zero-order valence-corrected chi connectivity index (χ0v) is 7.70. The van der Waals surface area contributed by atoms with Gasteiger partial charge in [0.1, 0.15) is 17.7 Å². The van der Waals surface area contributed by atoms with Crippen molar-refractivity contribution in [2.24, 2.45) is 0 Å². The lowest BCUT2D eigenvalue weighted by Gasteiger charge is -2.20. The topological polar surface area (TPSA) is 12.0 Å². The molecule has 1 aromatic rings. The molecule has 1 rings (SSSR count). The Morgan fingerprint density at radius 2 is 1.60 bits per heavy atom. The second-order valence-electron chi connectivity index (χ2n) is 2.90. The molecule has 0 heterocycles. The van der Waals surface area contributed by atoms with Gasteiger partial charge in [0.15, 0.2) is 0 Å². The van der Waals surface area contributed by atoms with Crippen LogP contribution >= 0.6 is 0 Å². The molecule has 0 amide bonds. The van der Waals surface area contributed by atoms with Crippen molar-refractivity contribution in [2.45, 2.75) is 12.2 Å². The average Bonchev–Trinajstić information content (AvgIpc) is 2.09. The van der Waals surface area contributed by atoms with Crippen LogP contribution in [-0.4, -0.2) is 13.2 Å². The van der Waals surface area contributed by atoms with E-state index in [2.05, 4.69) is 0 Å². The first-order valence-electron chi connectivity index (χ1n) is 4.05. The van der Waals surface area contributed by atoms with Crippen LogP contribution in [0.4, 0.5) is 22.0 Å². The van der Waals surface area contributed by atoms with Gasteiger partial charge in [-0.05, 0) is 19.2 Å². The van der Waals surface area contributed by atoms with E-state index >= 15 is 0 Å². The van der Waals surface area contributed by atoms with Crippen LogP contribution in [0.2, 0.25) is 0 Å². The normalized spacial score (nSPS) is 14.0. The number of hydrogen-bond acceptors (Lipinski definition) is 1. The summed E-state index contributed by atoms with van der Waals surface area (Å²) in [4.78, 5) is 0. The summed E-state index contributed by atoms with van der Waals surface area (Å²) in [5.41, 5.74) is -1.01. The maximum Gasteiger partial charge on any atom is 0.408 e. The number of rotatable bonds is 2. The maximum absolute atomic E-state index is 13.0. The van der Waals surface area contributed by atoms with Gasteiger partial charge in [0.25, 0.3) is 0 Å². The van der Waals surface area contributed by atoms with Crippen LogP contribution in [0.5, 0.6) is 0 Å². The van der Waals surface area contributed by atoms with Gasteiger partial charge in [-0.1, -0.05) is 6.07 Å². The molecule has 0 spiro atoms. The van der Waals surface area contributed by atoms with Crippen LogP contribution in [0.3, 0.4) is 0 Å². The number of benzene rings is 1. The van der Waals surface area contributed by atoms with Gasteiger partial charge in [-0.15, -0.1) is 0 Å². The summed E-state index contributed by atoms with van der Waals surface area (Å²) in [6.45, 7) is 0. The third kappa shape index (κ3) is 2.44. The fourth-order valence-electron chi connectivity index (χ4n) is 1.26. The molecule has 0 saturated heterocycles. The molecule has 0 aliphatic carbocycles. The van der Waals surface area contributed by atoms with Gasteiger partial charge < -0.3 is 5.32 Å². The number of alkyl halides is 3. The molecule has 0 aromatic heterocycles. The molecule has 0 radical (unpaired) electrons. The molecular formula is C9H8F5N. The van der Waals surface area contributed by atoms with Gasteiger partial charge in [0, 0.05) is 5.56 Å². The van der Waals surface area contributed by atoms with Crippen molar-refractivity contribution in [1.82, 2.24) is 5.32 Å². The smallest absolute Gasteiger partial charge is 0.305 e. The van der Waals surface area contributed by atoms with Gasteiger partial charge in [-0.2, -0.15) is 13.2 Å². The molecule has 1 unspecified atom stereocenters. The van der Waals surface area contributed by atoms with Crippen LogP contribution in [-0.2, 0) is 0 Å². The third-order valence-corrected chi connectivity index (χ3v) is 1.90. The van der Waals surface area contributed by atoms with E-state index < -0.39 is 29.4 Å². The van der Waals surface area contributed by atoms with Crippen molar-refractivity contribution in [2.75, 3.05) is 7.05 Å². The van der Waals surface area contributed by atoms with E-state index in [-0.39, 0.29) is 0 Å². The van der Waals surface area contributed by atoms with Gasteiger partial charge in [0.05, 0.1) is 0 Å². The Balaban J connectivity index is 3.24. The van der Waals surface area contributed by atoms with Crippen molar-refractivity contribution < 1.29 is 22.0 Å². The fourth-order valence-corrected chi connectivity index (χ4v) is 1.26. The molecular weight excluding hydrogens is 217 g/mol. The molecule has 0 fully saturated rings. The van der Waals surface area contributed by atoms with E-state index in [1.165, 1.54) is 0 Å². The van der Waals surface area contributed by atoms with E-state index in [9.17, 15) is 22.0 Å². The average molecular weight is 225 g/mol. The second kappa shape index (κ2) is 4.14. The predicted molar refractivity (Wildman–Crippen MR) is 44.2 cm³/mol. The summed E-state index contributed by atoms with van der Waals surface area (Å²) in [5.74, 6) is -2.43. The molecule has 6 heteroatoms. The highest BCUT2D eigenvalue weighted by molar-refractivity contribution is 5.24. The highest BCUT2D eigenvalue weighted by atomic mass is 19.4. The first-order valence-corrected chi connectivity index (χ1v) is 4.05. The Morgan fingerprint density at radius 3 is 1.93 bits per heavy atom. The minimum atomic E-state index is -4.74. The second-order valence-corrected chi connectivity index (χ2v) is 2.90. The number of nitrogens with one attached hydrogen (secondary N) is 1. The predicted octanol–water partition coefficient (Wildman–Crippen LogP) is 2.79. The minimum Gasteiger partial charge on any atom is -0.305 e. The summed E-state index contributed by atoms with van der Waals surface area (Å²) in [6, 6.07) is 0.249. The lowest BCUT2D eigenvalue weighted by Crippen LogP contribution is -2.33. The van der Waals surface area contributed by atoms with E-state index in [0.29, 0.717) is 0 Å². The van der Waals surface area contributed by atoms with Crippen molar-refractivity contribution >= 4 is 0 Å². The van der Waals surface area contributed by atoms with Gasteiger partial charge in [-0.3, -0.25) is 0 Å². The van der Waals surface area contributed by atoms with Crippen LogP contribution in [0.1, 0.15) is 11.6 Å². The van der Waals surface area contributed by atoms with E-state index in [4.69, 9.17) is 0 Å². The Bertz CT molecular complexity index is 327. The van der Waals surface area contributed by atoms with Crippen molar-refractivity contribution in [3.8, 4) is 0 Å². The highest BCUT2D eigenvalue weighted by Gasteiger charge is 2.42. The molecule has 1 atom stereocenters. The first kappa shape index (κ1) is 11.9. The lowest BCUT2D eigenvalue weighted by molar-refractivity contribution is -0.157. The zero-order valence-electron chi connectivity index (χ0n) is 7.70. The summed E-state index contributed by atoms with van der Waals surface area (Å²) in [7, 11) is 0.990. The molecule has 0 bridgehead atoms. The summed E-state index contributed by atoms with van der Waals surface area (Å²) in [5, 5.41) is 1.83. The van der Waals surface area contributed by atoms with Crippen molar-refractivity contribution in [3.05, 3.63) is 35.4 Å². The van der Waals surface area contributed by atoms with Crippen LogP contribution in [0.25, 0.3) is 0 Å². The number of halogens is 5. The minimum absolute atomic E-state index is 0.786. The molecule has 1 N–H and O–H groups in total. The monoisotopic (exact) mass is 225 g/mol. The molecule has 1 aromatic carbocycles. The highest BCUT2D eigenvalue weighted by Crippen LogP contribution is 2.34. The molecule has 0 saturated carbocycles. The Labute approximate surface area is 82.9 Å². The Kier molecular flexibility index (Phi) is 3.28. The van der Waals surface area contributed by atoms with Gasteiger partial charge >= 0.3 is 6.18 Å². The summed E-state index contributed by atoms with van der Waals surface area (Å²) >= 11 is 0. The largest absolute Gasteiger partial charge is 0.408 e. The van der Waals surface area contributed by atoms with E-state index in [0.717, 1.165) is 25.2 Å². The third-order valence-electron chi connectivity index (χ3n) is 1.90. The van der Waals surface area contributed by atoms with Crippen LogP contribution in [0.15, 0.2) is 18.2 Å². The maximum atomic E-state index is 13.0. The number of hydrogen-bond donors (Lipinski definition) is 1. The van der Waals surface area contributed by atoms with Crippen molar-refractivity contribution in [3.63, 3.8) is 0 Å². The molecule has 84 valence electrons. The Morgan fingerprint density at radius 1 is 1.13 bits per heavy atom. The molecule has 0 aliphatic heterocycles. The fraction of sp³-hybridized carbons (Fsp3) is 0.333. The zero-order chi connectivity index (χ0) is 11.6. The van der Waals surface area contributed by atoms with Crippen LogP contribution < -0.4 is 5.32 Å². The molecule has 0 aliphatic rings. The summed E-state index contributed by atoms with van der Waals surface area (Å²) in [6.07, 6.45) is -4.74. The van der Waals surface area contributed by atoms with E-state index in [1.807, 2.05) is 5.32 Å². The molecule has 15 heavy (non-hydrogen) atoms. The SMILES string of the molecule is CNC(c1c(F)cccc1F)C(F)(F)F. The lowest BCUT2D eigenvalue weighted by atomic mass is 10.1. The van der Waals surface area contributed by atoms with Crippen LogP contribution in [0, 0.1) is 11.6 Å². The van der Waals surface area contributed by atoms with Gasteiger partial charge in [0.2, 0.25) is 0 Å². The Hall–Kier alpha value is -1.17. The van der Waals surface area contributed by atoms with Crippen molar-refractivity contribution in [1.29, 1.82) is 0 Å². The van der Waals surface area contributed by atoms with Gasteiger partial charge in [-0.25, -0.2) is 8.78 Å². The quantitative estimate of drug-likeness (QED) is 0.763. The first-order chi connectivity index (χ1) is 6.88. The van der Waals surface area contributed by atoms with E-state index in [1.54, 1.807) is 0 Å².